The summed E-state index contributed by atoms with van der Waals surface area (Å²) in [6.07, 6.45) is 0. The van der Waals surface area contributed by atoms with Crippen molar-refractivity contribution in [3.63, 3.8) is 0 Å². The van der Waals surface area contributed by atoms with Crippen molar-refractivity contribution in [1.29, 1.82) is 0 Å². The Morgan fingerprint density at radius 1 is 1.21 bits per heavy atom. The molecule has 1 saturated heterocycles. The van der Waals surface area contributed by atoms with Crippen molar-refractivity contribution in [1.82, 2.24) is 19.4 Å². The lowest BCUT2D eigenvalue weighted by atomic mass is 10.2. The molecule has 0 unspecified atom stereocenters. The summed E-state index contributed by atoms with van der Waals surface area (Å²) in [5, 5.41) is 7.14. The summed E-state index contributed by atoms with van der Waals surface area (Å²) in [6.45, 7) is 5.47. The second-order valence-corrected chi connectivity index (χ2v) is 9.41. The van der Waals surface area contributed by atoms with Gasteiger partial charge in [-0.3, -0.25) is 4.79 Å². The Kier molecular flexibility index (Phi) is 6.54. The number of aryl methyl sites for hydroxylation is 1. The van der Waals surface area contributed by atoms with Crippen LogP contribution in [0.1, 0.15) is 21.7 Å². The number of nitrogens with zero attached hydrogens (tertiary/aromatic N) is 3. The number of morpholine rings is 1. The molecule has 0 spiro atoms. The fourth-order valence-corrected chi connectivity index (χ4v) is 4.55. The Labute approximate surface area is 173 Å². The monoisotopic (exact) mass is 470 g/mol. The average Bonchev–Trinajstić information content (AvgIpc) is 2.96. The van der Waals surface area contributed by atoms with Gasteiger partial charge in [0.2, 0.25) is 10.0 Å². The number of carbonyl (C=O) groups is 1. The second kappa shape index (κ2) is 8.73. The van der Waals surface area contributed by atoms with Gasteiger partial charge in [-0.05, 0) is 54.0 Å². The van der Waals surface area contributed by atoms with Crippen molar-refractivity contribution >= 4 is 31.9 Å². The fraction of sp³-hybridized carbons (Fsp3) is 0.444. The van der Waals surface area contributed by atoms with Crippen LogP contribution in [0.4, 0.5) is 0 Å². The highest BCUT2D eigenvalue weighted by Crippen LogP contribution is 2.23. The van der Waals surface area contributed by atoms with Crippen LogP contribution in [0.2, 0.25) is 0 Å². The zero-order valence-corrected chi connectivity index (χ0v) is 18.2. The molecule has 2 aromatic rings. The molecule has 28 heavy (non-hydrogen) atoms. The maximum absolute atomic E-state index is 12.3. The Morgan fingerprint density at radius 2 is 1.86 bits per heavy atom. The first kappa shape index (κ1) is 21.0. The van der Waals surface area contributed by atoms with E-state index in [1.54, 1.807) is 16.8 Å². The third-order valence-electron chi connectivity index (χ3n) is 4.59. The molecule has 152 valence electrons. The van der Waals surface area contributed by atoms with E-state index >= 15 is 0 Å². The molecular formula is C18H23BrN4O4S. The maximum Gasteiger partial charge on any atom is 0.251 e. The van der Waals surface area contributed by atoms with Crippen LogP contribution in [0.15, 0.2) is 28.7 Å². The third-order valence-corrected chi connectivity index (χ3v) is 7.61. The predicted molar refractivity (Wildman–Crippen MR) is 109 cm³/mol. The highest BCUT2D eigenvalue weighted by molar-refractivity contribution is 9.10. The number of amides is 1. The summed E-state index contributed by atoms with van der Waals surface area (Å²) in [7, 11) is -3.39. The van der Waals surface area contributed by atoms with E-state index in [9.17, 15) is 13.2 Å². The number of aromatic nitrogens is 2. The minimum atomic E-state index is -3.39. The molecule has 0 atom stereocenters. The highest BCUT2D eigenvalue weighted by Gasteiger charge is 2.24. The first-order valence-electron chi connectivity index (χ1n) is 8.95. The van der Waals surface area contributed by atoms with Crippen molar-refractivity contribution in [2.75, 3.05) is 38.6 Å². The van der Waals surface area contributed by atoms with Gasteiger partial charge in [0.05, 0.1) is 40.5 Å². The molecule has 1 aromatic carbocycles. The Hall–Kier alpha value is -1.75. The molecule has 0 radical (unpaired) electrons. The summed E-state index contributed by atoms with van der Waals surface area (Å²) >= 11 is 3.50. The normalized spacial score (nSPS) is 15.5. The standard InChI is InChI=1S/C18H23BrN4O4S/c1-13-17(19)14(2)23(21-13)16-5-3-15(4-6-16)18(24)20-7-12-28(25,26)22-8-10-27-11-9-22/h3-6H,7-12H2,1-2H3,(H,20,24). The van der Waals surface area contributed by atoms with Crippen molar-refractivity contribution in [3.8, 4) is 5.69 Å². The van der Waals surface area contributed by atoms with Crippen LogP contribution in [0.25, 0.3) is 5.69 Å². The van der Waals surface area contributed by atoms with E-state index in [0.717, 1.165) is 21.5 Å². The average molecular weight is 471 g/mol. The van der Waals surface area contributed by atoms with Crippen molar-refractivity contribution in [2.45, 2.75) is 13.8 Å². The zero-order chi connectivity index (χ0) is 20.3. The first-order chi connectivity index (χ1) is 13.3. The SMILES string of the molecule is Cc1nn(-c2ccc(C(=O)NCCS(=O)(=O)N3CCOCC3)cc2)c(C)c1Br. The highest BCUT2D eigenvalue weighted by atomic mass is 79.9. The van der Waals surface area contributed by atoms with Gasteiger partial charge in [0, 0.05) is 25.2 Å². The van der Waals surface area contributed by atoms with Gasteiger partial charge in [-0.25, -0.2) is 13.1 Å². The van der Waals surface area contributed by atoms with Gasteiger partial charge in [0.1, 0.15) is 0 Å². The van der Waals surface area contributed by atoms with Crippen LogP contribution in [0.3, 0.4) is 0 Å². The molecule has 8 nitrogen and oxygen atoms in total. The number of halogens is 1. The molecular weight excluding hydrogens is 448 g/mol. The minimum Gasteiger partial charge on any atom is -0.379 e. The van der Waals surface area contributed by atoms with Crippen LogP contribution < -0.4 is 5.32 Å². The molecule has 0 saturated carbocycles. The first-order valence-corrected chi connectivity index (χ1v) is 11.4. The molecule has 0 aliphatic carbocycles. The molecule has 2 heterocycles. The molecule has 1 aliphatic heterocycles. The van der Waals surface area contributed by atoms with Crippen molar-refractivity contribution in [2.24, 2.45) is 0 Å². The molecule has 1 aromatic heterocycles. The van der Waals surface area contributed by atoms with Crippen LogP contribution in [-0.2, 0) is 14.8 Å². The maximum atomic E-state index is 12.3. The number of carbonyl (C=O) groups excluding carboxylic acids is 1. The largest absolute Gasteiger partial charge is 0.379 e. The van der Waals surface area contributed by atoms with Crippen molar-refractivity contribution < 1.29 is 17.9 Å². The zero-order valence-electron chi connectivity index (χ0n) is 15.8. The third kappa shape index (κ3) is 4.62. The van der Waals surface area contributed by atoms with E-state index in [1.165, 1.54) is 4.31 Å². The van der Waals surface area contributed by atoms with Gasteiger partial charge in [0.25, 0.3) is 5.91 Å². The van der Waals surface area contributed by atoms with Gasteiger partial charge < -0.3 is 10.1 Å². The van der Waals surface area contributed by atoms with Crippen molar-refractivity contribution in [3.05, 3.63) is 45.7 Å². The number of hydrogen-bond acceptors (Lipinski definition) is 5. The van der Waals surface area contributed by atoms with E-state index in [-0.39, 0.29) is 18.2 Å². The Bertz CT molecular complexity index is 951. The smallest absolute Gasteiger partial charge is 0.251 e. The van der Waals surface area contributed by atoms with Gasteiger partial charge in [-0.2, -0.15) is 9.40 Å². The van der Waals surface area contributed by atoms with Crippen LogP contribution in [0, 0.1) is 13.8 Å². The summed E-state index contributed by atoms with van der Waals surface area (Å²) in [5.41, 5.74) is 3.18. The summed E-state index contributed by atoms with van der Waals surface area (Å²) in [5.74, 6) is -0.436. The lowest BCUT2D eigenvalue weighted by molar-refractivity contribution is 0.0730. The molecule has 3 rings (SSSR count). The van der Waals surface area contributed by atoms with Gasteiger partial charge in [0.15, 0.2) is 0 Å². The fourth-order valence-electron chi connectivity index (χ4n) is 2.98. The van der Waals surface area contributed by atoms with Crippen LogP contribution in [-0.4, -0.2) is 67.0 Å². The van der Waals surface area contributed by atoms with E-state index in [0.29, 0.717) is 31.9 Å². The summed E-state index contributed by atoms with van der Waals surface area (Å²) in [6, 6.07) is 7.02. The number of sulfonamides is 1. The summed E-state index contributed by atoms with van der Waals surface area (Å²) in [4.78, 5) is 12.3. The Morgan fingerprint density at radius 3 is 2.43 bits per heavy atom. The lowest BCUT2D eigenvalue weighted by Crippen LogP contribution is -2.43. The summed E-state index contributed by atoms with van der Waals surface area (Å²) < 4.78 is 33.9. The molecule has 1 aliphatic rings. The second-order valence-electron chi connectivity index (χ2n) is 6.53. The van der Waals surface area contributed by atoms with Crippen LogP contribution in [0.5, 0.6) is 0 Å². The van der Waals surface area contributed by atoms with Gasteiger partial charge in [-0.1, -0.05) is 0 Å². The van der Waals surface area contributed by atoms with Gasteiger partial charge >= 0.3 is 0 Å². The molecule has 0 bridgehead atoms. The topological polar surface area (TPSA) is 93.5 Å². The minimum absolute atomic E-state index is 0.0602. The molecule has 1 amide bonds. The lowest BCUT2D eigenvalue weighted by Gasteiger charge is -2.26. The van der Waals surface area contributed by atoms with Crippen LogP contribution >= 0.6 is 15.9 Å². The van der Waals surface area contributed by atoms with E-state index in [1.807, 2.05) is 26.0 Å². The quantitative estimate of drug-likeness (QED) is 0.692. The van der Waals surface area contributed by atoms with E-state index < -0.39 is 10.0 Å². The number of ether oxygens (including phenoxy) is 1. The number of hydrogen-bond donors (Lipinski definition) is 1. The van der Waals surface area contributed by atoms with Gasteiger partial charge in [-0.15, -0.1) is 0 Å². The molecule has 10 heteroatoms. The number of benzene rings is 1. The van der Waals surface area contributed by atoms with E-state index in [4.69, 9.17) is 4.74 Å². The predicted octanol–water partition coefficient (Wildman–Crippen LogP) is 1.64. The molecule has 1 N–H and O–H groups in total. The van der Waals surface area contributed by atoms with E-state index in [2.05, 4.69) is 26.3 Å². The number of nitrogens with one attached hydrogen (secondary N) is 1. The molecule has 1 fully saturated rings. The number of rotatable bonds is 6. The Balaban J connectivity index is 1.58.